The minimum atomic E-state index is -1.44. The van der Waals surface area contributed by atoms with Gasteiger partial charge in [0.2, 0.25) is 0 Å². The highest BCUT2D eigenvalue weighted by molar-refractivity contribution is 6.15. The summed E-state index contributed by atoms with van der Waals surface area (Å²) in [5, 5.41) is 3.05. The Bertz CT molecular complexity index is 1280. The SMILES string of the molecule is CC(C)(F)c1cccc2c3ccccc3n3c4ccccc4nc3c12. The normalized spacial score (nSPS) is 12.6. The number of hydrogen-bond donors (Lipinski definition) is 0. The molecule has 0 spiro atoms. The first kappa shape index (κ1) is 14.4. The molecule has 0 N–H and O–H groups in total. The number of benzene rings is 3. The van der Waals surface area contributed by atoms with Crippen molar-refractivity contribution in [3.63, 3.8) is 0 Å². The quantitative estimate of drug-likeness (QED) is 0.345. The minimum absolute atomic E-state index is 0.677. The fourth-order valence-electron chi connectivity index (χ4n) is 3.85. The predicted molar refractivity (Wildman–Crippen MR) is 102 cm³/mol. The van der Waals surface area contributed by atoms with Crippen molar-refractivity contribution in [1.82, 2.24) is 9.38 Å². The Balaban J connectivity index is 2.20. The summed E-state index contributed by atoms with van der Waals surface area (Å²) in [6, 6.07) is 22.2. The van der Waals surface area contributed by atoms with Crippen molar-refractivity contribution in [2.45, 2.75) is 19.5 Å². The van der Waals surface area contributed by atoms with Gasteiger partial charge in [-0.3, -0.25) is 4.40 Å². The van der Waals surface area contributed by atoms with Crippen LogP contribution in [0.4, 0.5) is 4.39 Å². The second kappa shape index (κ2) is 4.79. The topological polar surface area (TPSA) is 17.3 Å². The number of nitrogens with zero attached hydrogens (tertiary/aromatic N) is 2. The lowest BCUT2D eigenvalue weighted by molar-refractivity contribution is 0.224. The summed E-state index contributed by atoms with van der Waals surface area (Å²) in [5.74, 6) is 0. The third kappa shape index (κ3) is 1.92. The van der Waals surface area contributed by atoms with Crippen LogP contribution in [0.2, 0.25) is 0 Å². The van der Waals surface area contributed by atoms with Crippen molar-refractivity contribution in [3.05, 3.63) is 72.3 Å². The molecular weight excluding hydrogens is 311 g/mol. The smallest absolute Gasteiger partial charge is 0.146 e. The van der Waals surface area contributed by atoms with Gasteiger partial charge in [0.15, 0.2) is 0 Å². The molecule has 0 atom stereocenters. The molecule has 0 bridgehead atoms. The first-order chi connectivity index (χ1) is 12.1. The lowest BCUT2D eigenvalue weighted by atomic mass is 9.93. The molecule has 3 aromatic carbocycles. The maximum absolute atomic E-state index is 15.0. The molecule has 2 heterocycles. The fraction of sp³-hybridized carbons (Fsp3) is 0.136. The first-order valence-corrected chi connectivity index (χ1v) is 8.46. The Morgan fingerprint density at radius 2 is 1.48 bits per heavy atom. The van der Waals surface area contributed by atoms with Gasteiger partial charge in [0.25, 0.3) is 0 Å². The highest BCUT2D eigenvalue weighted by Crippen LogP contribution is 2.38. The van der Waals surface area contributed by atoms with Crippen LogP contribution >= 0.6 is 0 Å². The van der Waals surface area contributed by atoms with Crippen molar-refractivity contribution >= 4 is 38.4 Å². The molecule has 0 aliphatic carbocycles. The van der Waals surface area contributed by atoms with E-state index in [1.54, 1.807) is 13.8 Å². The molecule has 0 fully saturated rings. The number of para-hydroxylation sites is 3. The highest BCUT2D eigenvalue weighted by atomic mass is 19.1. The second-order valence-electron chi connectivity index (χ2n) is 6.98. The average Bonchev–Trinajstić information content (AvgIpc) is 3.00. The monoisotopic (exact) mass is 328 g/mol. The van der Waals surface area contributed by atoms with Gasteiger partial charge in [0.1, 0.15) is 11.3 Å². The van der Waals surface area contributed by atoms with E-state index in [9.17, 15) is 4.39 Å². The molecule has 0 saturated heterocycles. The molecule has 0 saturated carbocycles. The number of pyridine rings is 1. The maximum Gasteiger partial charge on any atom is 0.146 e. The van der Waals surface area contributed by atoms with E-state index < -0.39 is 5.67 Å². The minimum Gasteiger partial charge on any atom is -0.292 e. The summed E-state index contributed by atoms with van der Waals surface area (Å²) in [5.41, 5.74) is 3.11. The van der Waals surface area contributed by atoms with E-state index in [1.807, 2.05) is 42.5 Å². The molecule has 122 valence electrons. The highest BCUT2D eigenvalue weighted by Gasteiger charge is 2.25. The average molecular weight is 328 g/mol. The van der Waals surface area contributed by atoms with Crippen molar-refractivity contribution < 1.29 is 4.39 Å². The van der Waals surface area contributed by atoms with E-state index in [0.29, 0.717) is 5.56 Å². The van der Waals surface area contributed by atoms with Crippen LogP contribution in [0.3, 0.4) is 0 Å². The molecule has 0 aliphatic rings. The van der Waals surface area contributed by atoms with E-state index in [-0.39, 0.29) is 0 Å². The zero-order chi connectivity index (χ0) is 17.2. The van der Waals surface area contributed by atoms with Crippen LogP contribution in [0, 0.1) is 0 Å². The molecule has 0 radical (unpaired) electrons. The van der Waals surface area contributed by atoms with Crippen molar-refractivity contribution in [1.29, 1.82) is 0 Å². The first-order valence-electron chi connectivity index (χ1n) is 8.46. The Kier molecular flexibility index (Phi) is 2.76. The molecule has 2 aromatic heterocycles. The summed E-state index contributed by atoms with van der Waals surface area (Å²) in [7, 11) is 0. The molecule has 0 aliphatic heterocycles. The van der Waals surface area contributed by atoms with Crippen molar-refractivity contribution in [2.75, 3.05) is 0 Å². The molecular formula is C22H17FN2. The van der Waals surface area contributed by atoms with Crippen LogP contribution in [0.15, 0.2) is 66.7 Å². The van der Waals surface area contributed by atoms with Crippen LogP contribution in [0.25, 0.3) is 38.4 Å². The van der Waals surface area contributed by atoms with E-state index in [0.717, 1.165) is 38.4 Å². The Labute approximate surface area is 144 Å². The number of rotatable bonds is 1. The standard InChI is InChI=1S/C22H17FN2/c1-22(2,23)16-10-7-9-15-14-8-3-5-12-18(14)25-19-13-6-4-11-17(19)24-21(25)20(15)16/h3-13H,1-2H3. The van der Waals surface area contributed by atoms with E-state index >= 15 is 0 Å². The lowest BCUT2D eigenvalue weighted by Gasteiger charge is -2.19. The van der Waals surface area contributed by atoms with E-state index in [1.165, 1.54) is 0 Å². The largest absolute Gasteiger partial charge is 0.292 e. The van der Waals surface area contributed by atoms with Gasteiger partial charge in [0.05, 0.1) is 16.6 Å². The molecule has 25 heavy (non-hydrogen) atoms. The van der Waals surface area contributed by atoms with Gasteiger partial charge in [-0.25, -0.2) is 9.37 Å². The van der Waals surface area contributed by atoms with Gasteiger partial charge in [-0.2, -0.15) is 0 Å². The number of fused-ring (bicyclic) bond motifs is 8. The van der Waals surface area contributed by atoms with E-state index in [2.05, 4.69) is 28.7 Å². The molecule has 0 unspecified atom stereocenters. The number of hydrogen-bond acceptors (Lipinski definition) is 1. The summed E-state index contributed by atoms with van der Waals surface area (Å²) in [6.07, 6.45) is 0. The van der Waals surface area contributed by atoms with Gasteiger partial charge < -0.3 is 0 Å². The number of imidazole rings is 1. The number of aromatic nitrogens is 2. The predicted octanol–water partition coefficient (Wildman–Crippen LogP) is 6.00. The van der Waals surface area contributed by atoms with Crippen LogP contribution in [0.1, 0.15) is 19.4 Å². The van der Waals surface area contributed by atoms with Crippen molar-refractivity contribution in [2.24, 2.45) is 0 Å². The van der Waals surface area contributed by atoms with Gasteiger partial charge in [-0.1, -0.05) is 48.5 Å². The summed E-state index contributed by atoms with van der Waals surface area (Å²) in [6.45, 7) is 3.21. The molecule has 5 rings (SSSR count). The number of halogens is 1. The molecule has 5 aromatic rings. The van der Waals surface area contributed by atoms with Gasteiger partial charge >= 0.3 is 0 Å². The van der Waals surface area contributed by atoms with Crippen LogP contribution in [0.5, 0.6) is 0 Å². The Morgan fingerprint density at radius 3 is 2.28 bits per heavy atom. The van der Waals surface area contributed by atoms with Crippen molar-refractivity contribution in [3.8, 4) is 0 Å². The zero-order valence-electron chi connectivity index (χ0n) is 14.1. The van der Waals surface area contributed by atoms with E-state index in [4.69, 9.17) is 4.98 Å². The number of alkyl halides is 1. The molecule has 2 nitrogen and oxygen atoms in total. The lowest BCUT2D eigenvalue weighted by Crippen LogP contribution is -2.10. The summed E-state index contributed by atoms with van der Waals surface area (Å²) < 4.78 is 17.2. The van der Waals surface area contributed by atoms with Crippen LogP contribution < -0.4 is 0 Å². The molecule has 3 heteroatoms. The Morgan fingerprint density at radius 1 is 0.800 bits per heavy atom. The third-order valence-electron chi connectivity index (χ3n) is 4.92. The van der Waals surface area contributed by atoms with Crippen LogP contribution in [-0.2, 0) is 5.67 Å². The molecule has 0 amide bonds. The summed E-state index contributed by atoms with van der Waals surface area (Å²) in [4.78, 5) is 4.86. The van der Waals surface area contributed by atoms with Gasteiger partial charge in [-0.05, 0) is 37.4 Å². The maximum atomic E-state index is 15.0. The Hall–Kier alpha value is -2.94. The fourth-order valence-corrected chi connectivity index (χ4v) is 3.85. The van der Waals surface area contributed by atoms with Crippen LogP contribution in [-0.4, -0.2) is 9.38 Å². The van der Waals surface area contributed by atoms with Gasteiger partial charge in [0, 0.05) is 16.3 Å². The third-order valence-corrected chi connectivity index (χ3v) is 4.92. The van der Waals surface area contributed by atoms with Gasteiger partial charge in [-0.15, -0.1) is 0 Å². The second-order valence-corrected chi connectivity index (χ2v) is 6.98. The summed E-state index contributed by atoms with van der Waals surface area (Å²) >= 11 is 0. The zero-order valence-corrected chi connectivity index (χ0v) is 14.1.